The van der Waals surface area contributed by atoms with Gasteiger partial charge >= 0.3 is 0 Å². The van der Waals surface area contributed by atoms with E-state index in [1.54, 1.807) is 6.20 Å². The third-order valence-corrected chi connectivity index (χ3v) is 7.26. The van der Waals surface area contributed by atoms with Crippen molar-refractivity contribution in [2.75, 3.05) is 19.4 Å². The molecule has 0 amide bonds. The Morgan fingerprint density at radius 1 is 1.18 bits per heavy atom. The van der Waals surface area contributed by atoms with Gasteiger partial charge in [-0.25, -0.2) is 13.4 Å². The van der Waals surface area contributed by atoms with E-state index in [4.69, 9.17) is 4.74 Å². The highest BCUT2D eigenvalue weighted by molar-refractivity contribution is 7.91. The largest absolute Gasteiger partial charge is 0.376 e. The first kappa shape index (κ1) is 19.6. The molecule has 0 spiro atoms. The lowest BCUT2D eigenvalue weighted by Gasteiger charge is -2.20. The molecule has 2 aromatic rings. The second-order valence-electron chi connectivity index (χ2n) is 8.16. The van der Waals surface area contributed by atoms with Crippen molar-refractivity contribution in [3.05, 3.63) is 47.8 Å². The average molecular weight is 404 g/mol. The molecule has 1 aromatic heterocycles. The van der Waals surface area contributed by atoms with Crippen molar-refractivity contribution in [1.82, 2.24) is 14.5 Å². The van der Waals surface area contributed by atoms with Crippen LogP contribution >= 0.6 is 0 Å². The molecule has 7 heteroatoms. The molecule has 2 aliphatic rings. The van der Waals surface area contributed by atoms with E-state index in [-0.39, 0.29) is 17.0 Å². The minimum atomic E-state index is -3.37. The normalized spacial score (nSPS) is 20.1. The Hall–Kier alpha value is -1.70. The van der Waals surface area contributed by atoms with E-state index >= 15 is 0 Å². The lowest BCUT2D eigenvalue weighted by atomic mass is 10.2. The third-order valence-electron chi connectivity index (χ3n) is 5.47. The molecule has 0 bridgehead atoms. The molecule has 2 fully saturated rings. The molecule has 4 rings (SSSR count). The van der Waals surface area contributed by atoms with Crippen LogP contribution in [0.1, 0.15) is 36.9 Å². The highest BCUT2D eigenvalue weighted by Gasteiger charge is 2.33. The molecule has 28 heavy (non-hydrogen) atoms. The summed E-state index contributed by atoms with van der Waals surface area (Å²) in [4.78, 5) is 6.55. The molecule has 6 nitrogen and oxygen atoms in total. The summed E-state index contributed by atoms with van der Waals surface area (Å²) in [5.74, 6) is 0.525. The van der Waals surface area contributed by atoms with E-state index < -0.39 is 9.84 Å². The first-order valence-corrected chi connectivity index (χ1v) is 11.8. The molecule has 0 N–H and O–H groups in total. The predicted molar refractivity (Wildman–Crippen MR) is 108 cm³/mol. The van der Waals surface area contributed by atoms with Crippen LogP contribution in [-0.2, 0) is 34.2 Å². The minimum Gasteiger partial charge on any atom is -0.376 e. The molecular formula is C21H29N3O3S. The second kappa shape index (κ2) is 8.35. The Morgan fingerprint density at radius 3 is 2.64 bits per heavy atom. The van der Waals surface area contributed by atoms with Crippen LogP contribution in [0.3, 0.4) is 0 Å². The molecule has 1 saturated heterocycles. The van der Waals surface area contributed by atoms with Gasteiger partial charge in [-0.2, -0.15) is 0 Å². The van der Waals surface area contributed by atoms with Gasteiger partial charge in [-0.1, -0.05) is 30.3 Å². The van der Waals surface area contributed by atoms with Crippen LogP contribution in [0.25, 0.3) is 0 Å². The fourth-order valence-electron chi connectivity index (χ4n) is 3.85. The van der Waals surface area contributed by atoms with Gasteiger partial charge in [-0.15, -0.1) is 0 Å². The van der Waals surface area contributed by atoms with Gasteiger partial charge in [0, 0.05) is 19.7 Å². The molecule has 1 atom stereocenters. The van der Waals surface area contributed by atoms with Gasteiger partial charge in [0.15, 0.2) is 0 Å². The molecule has 1 aromatic carbocycles. The average Bonchev–Trinajstić information content (AvgIpc) is 3.15. The van der Waals surface area contributed by atoms with Crippen LogP contribution < -0.4 is 0 Å². The molecule has 2 heterocycles. The van der Waals surface area contributed by atoms with E-state index in [1.807, 2.05) is 22.8 Å². The van der Waals surface area contributed by atoms with Gasteiger partial charge in [-0.05, 0) is 44.2 Å². The Balaban J connectivity index is 1.55. The van der Waals surface area contributed by atoms with Gasteiger partial charge in [0.2, 0.25) is 15.0 Å². The van der Waals surface area contributed by atoms with Gasteiger partial charge in [-0.3, -0.25) is 4.90 Å². The summed E-state index contributed by atoms with van der Waals surface area (Å²) < 4.78 is 33.5. The third kappa shape index (κ3) is 4.82. The highest BCUT2D eigenvalue weighted by Crippen LogP contribution is 2.32. The quantitative estimate of drug-likeness (QED) is 0.644. The number of imidazole rings is 1. The van der Waals surface area contributed by atoms with Crippen LogP contribution in [0.4, 0.5) is 0 Å². The Labute approximate surface area is 167 Å². The maximum absolute atomic E-state index is 12.9. The number of benzene rings is 1. The lowest BCUT2D eigenvalue weighted by molar-refractivity contribution is 0.0934. The van der Waals surface area contributed by atoms with Crippen molar-refractivity contribution in [3.8, 4) is 0 Å². The van der Waals surface area contributed by atoms with Crippen molar-refractivity contribution in [2.45, 2.75) is 56.6 Å². The van der Waals surface area contributed by atoms with Crippen LogP contribution in [0.5, 0.6) is 0 Å². The Kier molecular flexibility index (Phi) is 5.85. The van der Waals surface area contributed by atoms with Crippen LogP contribution in [0.15, 0.2) is 41.7 Å². The van der Waals surface area contributed by atoms with E-state index in [9.17, 15) is 8.42 Å². The highest BCUT2D eigenvalue weighted by atomic mass is 32.2. The van der Waals surface area contributed by atoms with E-state index in [0.29, 0.717) is 19.0 Å². The second-order valence-corrected chi connectivity index (χ2v) is 10.1. The van der Waals surface area contributed by atoms with Gasteiger partial charge in [0.25, 0.3) is 0 Å². The summed E-state index contributed by atoms with van der Waals surface area (Å²) in [5.41, 5.74) is 2.17. The van der Waals surface area contributed by atoms with Crippen LogP contribution in [0.2, 0.25) is 0 Å². The molecule has 0 radical (unpaired) electrons. The number of hydrogen-bond acceptors (Lipinski definition) is 5. The molecular weight excluding hydrogens is 374 g/mol. The van der Waals surface area contributed by atoms with E-state index in [0.717, 1.165) is 44.5 Å². The van der Waals surface area contributed by atoms with E-state index in [2.05, 4.69) is 29.1 Å². The molecule has 1 aliphatic heterocycles. The lowest BCUT2D eigenvalue weighted by Crippen LogP contribution is -2.25. The van der Waals surface area contributed by atoms with Gasteiger partial charge in [0.05, 0.1) is 30.3 Å². The maximum atomic E-state index is 12.9. The zero-order chi connectivity index (χ0) is 19.6. The summed E-state index contributed by atoms with van der Waals surface area (Å²) in [6.07, 6.45) is 5.83. The van der Waals surface area contributed by atoms with Crippen LogP contribution in [0, 0.1) is 5.92 Å². The zero-order valence-electron chi connectivity index (χ0n) is 16.5. The Bertz CT molecular complexity index is 885. The van der Waals surface area contributed by atoms with Crippen molar-refractivity contribution < 1.29 is 13.2 Å². The maximum Gasteiger partial charge on any atom is 0.227 e. The number of rotatable bonds is 9. The van der Waals surface area contributed by atoms with Crippen molar-refractivity contribution >= 4 is 9.84 Å². The molecule has 1 aliphatic carbocycles. The summed E-state index contributed by atoms with van der Waals surface area (Å²) >= 11 is 0. The summed E-state index contributed by atoms with van der Waals surface area (Å²) in [5, 5.41) is 0.220. The summed E-state index contributed by atoms with van der Waals surface area (Å²) in [6.45, 7) is 2.77. The van der Waals surface area contributed by atoms with Crippen molar-refractivity contribution in [1.29, 1.82) is 0 Å². The number of ether oxygens (including phenoxy) is 1. The topological polar surface area (TPSA) is 64.4 Å². The van der Waals surface area contributed by atoms with E-state index in [1.165, 1.54) is 5.56 Å². The van der Waals surface area contributed by atoms with Crippen LogP contribution in [-0.4, -0.2) is 48.4 Å². The zero-order valence-corrected chi connectivity index (χ0v) is 17.3. The van der Waals surface area contributed by atoms with Gasteiger partial charge in [0.1, 0.15) is 0 Å². The fraction of sp³-hybridized carbons (Fsp3) is 0.571. The molecule has 0 unspecified atom stereocenters. The minimum absolute atomic E-state index is 0.0715. The van der Waals surface area contributed by atoms with Gasteiger partial charge < -0.3 is 9.30 Å². The summed E-state index contributed by atoms with van der Waals surface area (Å²) in [6, 6.07) is 10.3. The SMILES string of the molecule is CN(Cc1ccccc1)Cc1cnc(S(=O)(=O)CC2CC2)n1C[C@@H]1CCCO1. The first-order chi connectivity index (χ1) is 13.5. The van der Waals surface area contributed by atoms with Crippen molar-refractivity contribution in [2.24, 2.45) is 5.92 Å². The number of aromatic nitrogens is 2. The number of nitrogens with zero attached hydrogens (tertiary/aromatic N) is 3. The van der Waals surface area contributed by atoms with Crippen molar-refractivity contribution in [3.63, 3.8) is 0 Å². The fourth-order valence-corrected chi connectivity index (χ4v) is 5.69. The first-order valence-electron chi connectivity index (χ1n) is 10.1. The monoisotopic (exact) mass is 403 g/mol. The predicted octanol–water partition coefficient (Wildman–Crippen LogP) is 2.88. The smallest absolute Gasteiger partial charge is 0.227 e. The summed E-state index contributed by atoms with van der Waals surface area (Å²) in [7, 11) is -1.32. The molecule has 152 valence electrons. The Morgan fingerprint density at radius 2 is 1.96 bits per heavy atom. The standard InChI is InChI=1S/C21H29N3O3S/c1-23(13-17-6-3-2-4-7-17)14-19-12-22-21(28(25,26)16-18-9-10-18)24(19)15-20-8-5-11-27-20/h2-4,6-7,12,18,20H,5,8-11,13-16H2,1H3/t20-/m0/s1. The number of hydrogen-bond donors (Lipinski definition) is 0. The number of sulfone groups is 1. The molecule has 1 saturated carbocycles.